The number of hydrogen-bond donors (Lipinski definition) is 0. The van der Waals surface area contributed by atoms with Gasteiger partial charge in [-0.1, -0.05) is 18.5 Å². The first-order valence-electron chi connectivity index (χ1n) is 5.03. The van der Waals surface area contributed by atoms with E-state index in [1.807, 2.05) is 11.0 Å². The van der Waals surface area contributed by atoms with Crippen molar-refractivity contribution in [1.29, 1.82) is 0 Å². The topological polar surface area (TPSA) is 33.2 Å². The zero-order valence-electron chi connectivity index (χ0n) is 8.61. The van der Waals surface area contributed by atoms with E-state index in [4.69, 9.17) is 11.6 Å². The van der Waals surface area contributed by atoms with Crippen molar-refractivity contribution in [3.05, 3.63) is 29.0 Å². The molecule has 3 nitrogen and oxygen atoms in total. The van der Waals surface area contributed by atoms with E-state index in [2.05, 4.69) is 11.9 Å². The van der Waals surface area contributed by atoms with Gasteiger partial charge in [0.1, 0.15) is 5.15 Å². The van der Waals surface area contributed by atoms with E-state index in [0.29, 0.717) is 24.0 Å². The van der Waals surface area contributed by atoms with Gasteiger partial charge < -0.3 is 4.90 Å². The second-order valence-electron chi connectivity index (χ2n) is 4.07. The second-order valence-corrected chi connectivity index (χ2v) is 4.46. The van der Waals surface area contributed by atoms with Crippen molar-refractivity contribution in [3.8, 4) is 0 Å². The fourth-order valence-electron chi connectivity index (χ4n) is 1.88. The lowest BCUT2D eigenvalue weighted by atomic mass is 10.2. The molecule has 0 saturated carbocycles. The van der Waals surface area contributed by atoms with Crippen LogP contribution < -0.4 is 0 Å². The fourth-order valence-corrected chi connectivity index (χ4v) is 2.08. The van der Waals surface area contributed by atoms with Gasteiger partial charge in [-0.3, -0.25) is 4.79 Å². The quantitative estimate of drug-likeness (QED) is 0.721. The number of rotatable bonds is 2. The van der Waals surface area contributed by atoms with Crippen LogP contribution in [0.2, 0.25) is 5.15 Å². The summed E-state index contributed by atoms with van der Waals surface area (Å²) in [4.78, 5) is 17.3. The van der Waals surface area contributed by atoms with E-state index >= 15 is 0 Å². The zero-order chi connectivity index (χ0) is 10.8. The smallest absolute Gasteiger partial charge is 0.223 e. The van der Waals surface area contributed by atoms with Gasteiger partial charge in [-0.05, 0) is 23.6 Å². The SMILES string of the molecule is CC1CC(=O)N(Cc2ccnc(Cl)c2)C1. The highest BCUT2D eigenvalue weighted by Crippen LogP contribution is 2.19. The number of halogens is 1. The van der Waals surface area contributed by atoms with Crippen molar-refractivity contribution in [2.75, 3.05) is 6.54 Å². The third-order valence-corrected chi connectivity index (χ3v) is 2.78. The van der Waals surface area contributed by atoms with Gasteiger partial charge in [0.2, 0.25) is 5.91 Å². The lowest BCUT2D eigenvalue weighted by Crippen LogP contribution is -2.24. The lowest BCUT2D eigenvalue weighted by Gasteiger charge is -2.15. The zero-order valence-corrected chi connectivity index (χ0v) is 9.37. The molecule has 15 heavy (non-hydrogen) atoms. The van der Waals surface area contributed by atoms with Gasteiger partial charge in [0.25, 0.3) is 0 Å². The maximum Gasteiger partial charge on any atom is 0.223 e. The molecule has 0 aromatic carbocycles. The van der Waals surface area contributed by atoms with Gasteiger partial charge in [-0.2, -0.15) is 0 Å². The van der Waals surface area contributed by atoms with Crippen molar-refractivity contribution < 1.29 is 4.79 Å². The second kappa shape index (κ2) is 4.19. The van der Waals surface area contributed by atoms with Crippen LogP contribution in [0, 0.1) is 5.92 Å². The third-order valence-electron chi connectivity index (χ3n) is 2.57. The van der Waals surface area contributed by atoms with Gasteiger partial charge >= 0.3 is 0 Å². The standard InChI is InChI=1S/C11H13ClN2O/c1-8-4-11(15)14(6-8)7-9-2-3-13-10(12)5-9/h2-3,5,8H,4,6-7H2,1H3. The number of aromatic nitrogens is 1. The summed E-state index contributed by atoms with van der Waals surface area (Å²) >= 11 is 5.78. The van der Waals surface area contributed by atoms with Crippen molar-refractivity contribution in [2.24, 2.45) is 5.92 Å². The molecule has 1 atom stereocenters. The number of likely N-dealkylation sites (tertiary alicyclic amines) is 1. The van der Waals surface area contributed by atoms with Crippen molar-refractivity contribution in [2.45, 2.75) is 19.9 Å². The first-order chi connectivity index (χ1) is 7.15. The number of pyridine rings is 1. The van der Waals surface area contributed by atoms with Gasteiger partial charge in [-0.15, -0.1) is 0 Å². The molecule has 0 N–H and O–H groups in total. The minimum absolute atomic E-state index is 0.232. The first-order valence-corrected chi connectivity index (χ1v) is 5.41. The molecule has 0 bridgehead atoms. The van der Waals surface area contributed by atoms with Crippen molar-refractivity contribution in [1.82, 2.24) is 9.88 Å². The molecule has 2 heterocycles. The highest BCUT2D eigenvalue weighted by atomic mass is 35.5. The van der Waals surface area contributed by atoms with Crippen LogP contribution >= 0.6 is 11.6 Å². The molecule has 1 aromatic heterocycles. The molecule has 1 aromatic rings. The molecule has 1 unspecified atom stereocenters. The lowest BCUT2D eigenvalue weighted by molar-refractivity contribution is -0.128. The summed E-state index contributed by atoms with van der Waals surface area (Å²) in [5.74, 6) is 0.699. The molecule has 1 amide bonds. The monoisotopic (exact) mass is 224 g/mol. The predicted octanol–water partition coefficient (Wildman–Crippen LogP) is 2.10. The number of amides is 1. The highest BCUT2D eigenvalue weighted by molar-refractivity contribution is 6.29. The highest BCUT2D eigenvalue weighted by Gasteiger charge is 2.26. The first kappa shape index (κ1) is 10.4. The van der Waals surface area contributed by atoms with Crippen LogP contribution in [-0.4, -0.2) is 22.3 Å². The average Bonchev–Trinajstić information content (AvgIpc) is 2.45. The van der Waals surface area contributed by atoms with Crippen LogP contribution in [-0.2, 0) is 11.3 Å². The van der Waals surface area contributed by atoms with Gasteiger partial charge in [0.15, 0.2) is 0 Å². The van der Waals surface area contributed by atoms with E-state index in [9.17, 15) is 4.79 Å². The average molecular weight is 225 g/mol. The number of carbonyl (C=O) groups excluding carboxylic acids is 1. The summed E-state index contributed by atoms with van der Waals surface area (Å²) < 4.78 is 0. The number of nitrogens with zero attached hydrogens (tertiary/aromatic N) is 2. The predicted molar refractivity (Wildman–Crippen MR) is 58.4 cm³/mol. The minimum Gasteiger partial charge on any atom is -0.338 e. The Kier molecular flexibility index (Phi) is 2.91. The maximum absolute atomic E-state index is 11.6. The Morgan fingerprint density at radius 1 is 1.67 bits per heavy atom. The molecule has 1 aliphatic heterocycles. The van der Waals surface area contributed by atoms with Gasteiger partial charge in [0.05, 0.1) is 0 Å². The van der Waals surface area contributed by atoms with E-state index in [1.54, 1.807) is 12.3 Å². The summed E-state index contributed by atoms with van der Waals surface area (Å²) in [5, 5.41) is 0.479. The molecule has 4 heteroatoms. The van der Waals surface area contributed by atoms with Crippen molar-refractivity contribution >= 4 is 17.5 Å². The molecule has 80 valence electrons. The van der Waals surface area contributed by atoms with Crippen LogP contribution in [0.15, 0.2) is 18.3 Å². The Morgan fingerprint density at radius 3 is 3.07 bits per heavy atom. The largest absolute Gasteiger partial charge is 0.338 e. The Balaban J connectivity index is 2.06. The molecule has 0 radical (unpaired) electrons. The molecule has 0 spiro atoms. The van der Waals surface area contributed by atoms with Crippen LogP contribution in [0.25, 0.3) is 0 Å². The summed E-state index contributed by atoms with van der Waals surface area (Å²) in [7, 11) is 0. The number of hydrogen-bond acceptors (Lipinski definition) is 2. The molecule has 2 rings (SSSR count). The number of carbonyl (C=O) groups is 1. The molecular weight excluding hydrogens is 212 g/mol. The van der Waals surface area contributed by atoms with E-state index in [-0.39, 0.29) is 5.91 Å². The normalized spacial score (nSPS) is 21.1. The Hall–Kier alpha value is -1.09. The molecular formula is C11H13ClN2O. The summed E-state index contributed by atoms with van der Waals surface area (Å²) in [6.07, 6.45) is 2.33. The van der Waals surface area contributed by atoms with Crippen LogP contribution in [0.1, 0.15) is 18.9 Å². The fraction of sp³-hybridized carbons (Fsp3) is 0.455. The Bertz CT molecular complexity index is 381. The molecule has 1 fully saturated rings. The molecule has 1 aliphatic rings. The van der Waals surface area contributed by atoms with Crippen molar-refractivity contribution in [3.63, 3.8) is 0 Å². The minimum atomic E-state index is 0.232. The Labute approximate surface area is 94.1 Å². The van der Waals surface area contributed by atoms with E-state index in [0.717, 1.165) is 12.1 Å². The summed E-state index contributed by atoms with van der Waals surface area (Å²) in [6, 6.07) is 3.69. The van der Waals surface area contributed by atoms with E-state index < -0.39 is 0 Å². The molecule has 1 saturated heterocycles. The Morgan fingerprint density at radius 2 is 2.47 bits per heavy atom. The summed E-state index contributed by atoms with van der Waals surface area (Å²) in [6.45, 7) is 3.58. The molecule has 0 aliphatic carbocycles. The van der Waals surface area contributed by atoms with Crippen LogP contribution in [0.4, 0.5) is 0 Å². The van der Waals surface area contributed by atoms with Gasteiger partial charge in [0, 0.05) is 25.7 Å². The van der Waals surface area contributed by atoms with Crippen LogP contribution in [0.3, 0.4) is 0 Å². The van der Waals surface area contributed by atoms with Gasteiger partial charge in [-0.25, -0.2) is 4.98 Å². The maximum atomic E-state index is 11.6. The summed E-state index contributed by atoms with van der Waals surface area (Å²) in [5.41, 5.74) is 1.04. The third kappa shape index (κ3) is 2.48. The van der Waals surface area contributed by atoms with Crippen LogP contribution in [0.5, 0.6) is 0 Å². The van der Waals surface area contributed by atoms with E-state index in [1.165, 1.54) is 0 Å².